The predicted molar refractivity (Wildman–Crippen MR) is 223 cm³/mol. The van der Waals surface area contributed by atoms with Crippen molar-refractivity contribution in [3.05, 3.63) is 188 Å². The number of hydrogen-bond donors (Lipinski definition) is 0. The first-order valence-electron chi connectivity index (χ1n) is 18.1. The molecular weight excluding hydrogens is 643 g/mol. The van der Waals surface area contributed by atoms with E-state index in [0.717, 1.165) is 33.3 Å². The van der Waals surface area contributed by atoms with Gasteiger partial charge in [-0.15, -0.1) is 0 Å². The quantitative estimate of drug-likeness (QED) is 0.174. The summed E-state index contributed by atoms with van der Waals surface area (Å²) in [6.07, 6.45) is 3.88. The molecule has 0 aliphatic carbocycles. The normalized spacial score (nSPS) is 11.8. The molecule has 246 valence electrons. The summed E-state index contributed by atoms with van der Waals surface area (Å²) in [6, 6.07) is 63.5. The number of aromatic nitrogens is 3. The van der Waals surface area contributed by atoms with Crippen LogP contribution in [0.4, 0.5) is 0 Å². The summed E-state index contributed by atoms with van der Waals surface area (Å²) in [6.45, 7) is 0. The number of pyridine rings is 2. The Balaban J connectivity index is 1.13. The lowest BCUT2D eigenvalue weighted by molar-refractivity contribution is 1.17. The zero-order chi connectivity index (χ0) is 34.9. The minimum Gasteiger partial charge on any atom is -0.306 e. The van der Waals surface area contributed by atoms with Crippen molar-refractivity contribution in [2.75, 3.05) is 0 Å². The first kappa shape index (κ1) is 29.6. The van der Waals surface area contributed by atoms with Gasteiger partial charge in [0.05, 0.1) is 11.0 Å². The molecule has 8 aromatic carbocycles. The molecule has 3 heteroatoms. The van der Waals surface area contributed by atoms with Crippen LogP contribution >= 0.6 is 0 Å². The molecule has 0 fully saturated rings. The number of hydrogen-bond acceptors (Lipinski definition) is 2. The fraction of sp³-hybridized carbons (Fsp3) is 0. The van der Waals surface area contributed by atoms with Gasteiger partial charge in [0.25, 0.3) is 0 Å². The zero-order valence-electron chi connectivity index (χ0n) is 28.7. The third kappa shape index (κ3) is 4.54. The van der Waals surface area contributed by atoms with Crippen molar-refractivity contribution in [1.82, 2.24) is 14.5 Å². The van der Waals surface area contributed by atoms with Crippen LogP contribution in [0.2, 0.25) is 0 Å². The summed E-state index contributed by atoms with van der Waals surface area (Å²) in [5.74, 6) is 0. The maximum absolute atomic E-state index is 5.13. The Kier molecular flexibility index (Phi) is 6.55. The Morgan fingerprint density at radius 3 is 1.43 bits per heavy atom. The Hall–Kier alpha value is -7.10. The summed E-state index contributed by atoms with van der Waals surface area (Å²) in [7, 11) is 0. The molecule has 53 heavy (non-hydrogen) atoms. The fourth-order valence-corrected chi connectivity index (χ4v) is 8.57. The standard InChI is InChI=1S/C50H31N3/c1-2-13-32(14-3-1)46-40-19-8-10-21-42(40)47(43-22-11-9-20-41(43)46)33-24-26-37(27-25-33)53-44-23-12-28-51-49(44)50-45(53)30-36(31-52-50)48-38-17-6-4-15-34(38)29-35-16-5-7-18-39(35)48/h1-31H. The van der Waals surface area contributed by atoms with Crippen LogP contribution in [0.5, 0.6) is 0 Å². The molecule has 0 aliphatic rings. The van der Waals surface area contributed by atoms with Gasteiger partial charge < -0.3 is 4.57 Å². The van der Waals surface area contributed by atoms with E-state index in [1.807, 2.05) is 18.5 Å². The third-order valence-electron chi connectivity index (χ3n) is 10.8. The van der Waals surface area contributed by atoms with Gasteiger partial charge in [0.2, 0.25) is 0 Å². The van der Waals surface area contributed by atoms with Crippen LogP contribution in [0, 0.1) is 0 Å². The molecule has 0 unspecified atom stereocenters. The second-order valence-electron chi connectivity index (χ2n) is 13.7. The minimum absolute atomic E-state index is 0.895. The molecular formula is C50H31N3. The van der Waals surface area contributed by atoms with E-state index < -0.39 is 0 Å². The Morgan fingerprint density at radius 2 is 0.830 bits per heavy atom. The van der Waals surface area contributed by atoms with Crippen molar-refractivity contribution in [3.63, 3.8) is 0 Å². The Bertz CT molecular complexity index is 3100. The van der Waals surface area contributed by atoms with Crippen molar-refractivity contribution in [2.45, 2.75) is 0 Å². The van der Waals surface area contributed by atoms with Gasteiger partial charge in [-0.05, 0) is 107 Å². The molecule has 11 aromatic rings. The Labute approximate surface area is 306 Å². The number of nitrogens with zero attached hydrogens (tertiary/aromatic N) is 3. The molecule has 0 amide bonds. The lowest BCUT2D eigenvalue weighted by Gasteiger charge is -2.18. The minimum atomic E-state index is 0.895. The van der Waals surface area contributed by atoms with E-state index in [2.05, 4.69) is 174 Å². The second-order valence-corrected chi connectivity index (χ2v) is 13.7. The molecule has 0 saturated carbocycles. The summed E-state index contributed by atoms with van der Waals surface area (Å²) < 4.78 is 2.32. The molecule has 0 aliphatic heterocycles. The highest BCUT2D eigenvalue weighted by molar-refractivity contribution is 6.21. The van der Waals surface area contributed by atoms with E-state index in [1.54, 1.807) is 0 Å². The van der Waals surface area contributed by atoms with Crippen molar-refractivity contribution >= 4 is 65.2 Å². The highest BCUT2D eigenvalue weighted by Crippen LogP contribution is 2.44. The first-order valence-corrected chi connectivity index (χ1v) is 18.1. The van der Waals surface area contributed by atoms with Crippen molar-refractivity contribution < 1.29 is 0 Å². The topological polar surface area (TPSA) is 30.7 Å². The van der Waals surface area contributed by atoms with Gasteiger partial charge in [-0.3, -0.25) is 9.97 Å². The van der Waals surface area contributed by atoms with Crippen molar-refractivity contribution in [1.29, 1.82) is 0 Å². The largest absolute Gasteiger partial charge is 0.306 e. The van der Waals surface area contributed by atoms with Crippen LogP contribution in [0.3, 0.4) is 0 Å². The van der Waals surface area contributed by atoms with E-state index >= 15 is 0 Å². The molecule has 11 rings (SSSR count). The maximum atomic E-state index is 5.13. The molecule has 0 spiro atoms. The summed E-state index contributed by atoms with van der Waals surface area (Å²) in [4.78, 5) is 9.97. The molecule has 3 aromatic heterocycles. The second kappa shape index (κ2) is 11.7. The van der Waals surface area contributed by atoms with Gasteiger partial charge in [0.15, 0.2) is 0 Å². The van der Waals surface area contributed by atoms with Gasteiger partial charge in [0, 0.05) is 23.6 Å². The first-order chi connectivity index (χ1) is 26.3. The van der Waals surface area contributed by atoms with Crippen LogP contribution in [-0.4, -0.2) is 14.5 Å². The molecule has 0 saturated heterocycles. The van der Waals surface area contributed by atoms with E-state index in [-0.39, 0.29) is 0 Å². The van der Waals surface area contributed by atoms with Crippen LogP contribution in [0.15, 0.2) is 188 Å². The van der Waals surface area contributed by atoms with Gasteiger partial charge in [-0.25, -0.2) is 0 Å². The number of fused-ring (bicyclic) bond motifs is 7. The summed E-state index contributed by atoms with van der Waals surface area (Å²) in [5.41, 5.74) is 12.1. The SMILES string of the molecule is c1ccc(-c2c3ccccc3c(-c3ccc(-n4c5cccnc5c5ncc(-c6c7ccccc7cc7ccccc67)cc54)cc3)c3ccccc23)cc1. The molecule has 0 atom stereocenters. The average Bonchev–Trinajstić information content (AvgIpc) is 3.56. The molecule has 0 bridgehead atoms. The Morgan fingerprint density at radius 1 is 0.340 bits per heavy atom. The fourth-order valence-electron chi connectivity index (χ4n) is 8.57. The lowest BCUT2D eigenvalue weighted by atomic mass is 9.86. The van der Waals surface area contributed by atoms with Crippen LogP contribution in [0.1, 0.15) is 0 Å². The highest BCUT2D eigenvalue weighted by atomic mass is 15.0. The molecule has 0 radical (unpaired) electrons. The predicted octanol–water partition coefficient (Wildman–Crippen LogP) is 13.2. The van der Waals surface area contributed by atoms with Crippen LogP contribution in [0.25, 0.3) is 104 Å². The zero-order valence-corrected chi connectivity index (χ0v) is 28.7. The third-order valence-corrected chi connectivity index (χ3v) is 10.8. The van der Waals surface area contributed by atoms with Crippen LogP contribution < -0.4 is 0 Å². The van der Waals surface area contributed by atoms with Gasteiger partial charge in [-0.2, -0.15) is 0 Å². The monoisotopic (exact) mass is 673 g/mol. The maximum Gasteiger partial charge on any atom is 0.115 e. The highest BCUT2D eigenvalue weighted by Gasteiger charge is 2.19. The molecule has 0 N–H and O–H groups in total. The van der Waals surface area contributed by atoms with E-state index in [4.69, 9.17) is 9.97 Å². The number of benzene rings is 8. The molecule has 3 heterocycles. The van der Waals surface area contributed by atoms with Crippen molar-refractivity contribution in [3.8, 4) is 39.1 Å². The van der Waals surface area contributed by atoms with Gasteiger partial charge >= 0.3 is 0 Å². The van der Waals surface area contributed by atoms with Crippen molar-refractivity contribution in [2.24, 2.45) is 0 Å². The molecule has 3 nitrogen and oxygen atoms in total. The van der Waals surface area contributed by atoms with E-state index in [0.29, 0.717) is 0 Å². The average molecular weight is 674 g/mol. The number of rotatable bonds is 4. The lowest BCUT2D eigenvalue weighted by Crippen LogP contribution is -1.95. The summed E-state index contributed by atoms with van der Waals surface area (Å²) in [5, 5.41) is 9.87. The van der Waals surface area contributed by atoms with Crippen LogP contribution in [-0.2, 0) is 0 Å². The van der Waals surface area contributed by atoms with Gasteiger partial charge in [0.1, 0.15) is 11.0 Å². The smallest absolute Gasteiger partial charge is 0.115 e. The van der Waals surface area contributed by atoms with E-state index in [9.17, 15) is 0 Å². The van der Waals surface area contributed by atoms with E-state index in [1.165, 1.54) is 70.9 Å². The van der Waals surface area contributed by atoms with Gasteiger partial charge in [-0.1, -0.05) is 140 Å². The summed E-state index contributed by atoms with van der Waals surface area (Å²) >= 11 is 0.